The summed E-state index contributed by atoms with van der Waals surface area (Å²) in [6, 6.07) is 5.66. The number of hydrogen-bond donors (Lipinski definition) is 3. The molecule has 1 atom stereocenters. The van der Waals surface area contributed by atoms with Gasteiger partial charge in [0.05, 0.1) is 23.7 Å². The van der Waals surface area contributed by atoms with E-state index in [9.17, 15) is 29.7 Å². The molecule has 0 aliphatic carbocycles. The summed E-state index contributed by atoms with van der Waals surface area (Å²) in [5.74, 6) is -0.659. The highest BCUT2D eigenvalue weighted by Crippen LogP contribution is 2.33. The van der Waals surface area contributed by atoms with E-state index in [1.807, 2.05) is 27.7 Å². The molecule has 9 nitrogen and oxygen atoms in total. The van der Waals surface area contributed by atoms with Crippen LogP contribution in [0.1, 0.15) is 86.3 Å². The molecule has 1 heterocycles. The first-order valence-electron chi connectivity index (χ1n) is 11.1. The minimum Gasteiger partial charge on any atom is -0.396 e. The van der Waals surface area contributed by atoms with Gasteiger partial charge < -0.3 is 10.2 Å². The van der Waals surface area contributed by atoms with E-state index in [0.717, 1.165) is 28.0 Å². The van der Waals surface area contributed by atoms with Crippen LogP contribution < -0.4 is 4.72 Å². The third-order valence-electron chi connectivity index (χ3n) is 5.22. The number of aliphatic hydroxyl groups excluding tert-OH is 1. The standard InChI is InChI=1S/C24H31N5O4S2/c1-14(2)17-9-16(12-25)10-18(15(3)4)19(17)11-21(31)29-35(33,27-13-26)22-20(7-8-30)28-23(34-22)24(5,6)32/h9-10,14-15,30,32H,7-8,11H2,1-6H3,(H,27,29,31,33)/t35-/m1/s1. The van der Waals surface area contributed by atoms with Crippen LogP contribution in [0.3, 0.4) is 0 Å². The maximum atomic E-state index is 13.8. The lowest BCUT2D eigenvalue weighted by atomic mass is 9.85. The highest BCUT2D eigenvalue weighted by atomic mass is 32.2. The fourth-order valence-corrected chi connectivity index (χ4v) is 6.53. The monoisotopic (exact) mass is 517 g/mol. The minimum absolute atomic E-state index is 0.0142. The van der Waals surface area contributed by atoms with Gasteiger partial charge in [0.1, 0.15) is 14.8 Å². The van der Waals surface area contributed by atoms with Crippen molar-refractivity contribution in [3.8, 4) is 12.3 Å². The molecule has 1 amide bonds. The van der Waals surface area contributed by atoms with Crippen LogP contribution in [0.25, 0.3) is 0 Å². The molecule has 0 spiro atoms. The maximum absolute atomic E-state index is 13.8. The van der Waals surface area contributed by atoms with E-state index in [0.29, 0.717) is 5.56 Å². The molecule has 0 fully saturated rings. The van der Waals surface area contributed by atoms with Gasteiger partial charge in [0.15, 0.2) is 16.1 Å². The number of benzene rings is 1. The molecular weight excluding hydrogens is 486 g/mol. The molecule has 0 saturated heterocycles. The number of nitriles is 2. The number of amides is 1. The van der Waals surface area contributed by atoms with Gasteiger partial charge in [-0.1, -0.05) is 27.7 Å². The predicted octanol–water partition coefficient (Wildman–Crippen LogP) is 3.61. The number of carbonyl (C=O) groups is 1. The molecule has 3 N–H and O–H groups in total. The van der Waals surface area contributed by atoms with E-state index in [2.05, 4.69) is 20.1 Å². The van der Waals surface area contributed by atoms with Crippen molar-refractivity contribution in [3.63, 3.8) is 0 Å². The number of hydrogen-bond acceptors (Lipinski definition) is 8. The van der Waals surface area contributed by atoms with Crippen molar-refractivity contribution in [1.29, 1.82) is 10.5 Å². The third kappa shape index (κ3) is 6.65. The normalized spacial score (nSPS) is 13.3. The fourth-order valence-electron chi connectivity index (χ4n) is 3.60. The Kier molecular flexibility index (Phi) is 9.15. The van der Waals surface area contributed by atoms with Gasteiger partial charge in [-0.25, -0.2) is 13.9 Å². The summed E-state index contributed by atoms with van der Waals surface area (Å²) in [7, 11) is -3.76. The van der Waals surface area contributed by atoms with Gasteiger partial charge in [-0.2, -0.15) is 10.5 Å². The number of thiazole rings is 1. The lowest BCUT2D eigenvalue weighted by molar-refractivity contribution is -0.117. The highest BCUT2D eigenvalue weighted by Gasteiger charge is 2.29. The van der Waals surface area contributed by atoms with Crippen molar-refractivity contribution >= 4 is 27.2 Å². The molecule has 11 heteroatoms. The second-order valence-electron chi connectivity index (χ2n) is 9.24. The van der Waals surface area contributed by atoms with E-state index in [-0.39, 0.29) is 46.2 Å². The van der Waals surface area contributed by atoms with Crippen molar-refractivity contribution in [1.82, 2.24) is 9.71 Å². The summed E-state index contributed by atoms with van der Waals surface area (Å²) in [4.78, 5) is 17.5. The summed E-state index contributed by atoms with van der Waals surface area (Å²) in [6.07, 6.45) is 1.46. The lowest BCUT2D eigenvalue weighted by Gasteiger charge is -2.19. The van der Waals surface area contributed by atoms with E-state index in [1.165, 1.54) is 13.8 Å². The summed E-state index contributed by atoms with van der Waals surface area (Å²) in [6.45, 7) is 10.5. The van der Waals surface area contributed by atoms with Crippen molar-refractivity contribution < 1.29 is 19.2 Å². The van der Waals surface area contributed by atoms with Gasteiger partial charge in [-0.05, 0) is 54.5 Å². The van der Waals surface area contributed by atoms with Crippen molar-refractivity contribution in [2.75, 3.05) is 6.61 Å². The highest BCUT2D eigenvalue weighted by molar-refractivity contribution is 7.94. The van der Waals surface area contributed by atoms with Gasteiger partial charge >= 0.3 is 0 Å². The zero-order chi connectivity index (χ0) is 26.6. The molecule has 35 heavy (non-hydrogen) atoms. The predicted molar refractivity (Wildman–Crippen MR) is 134 cm³/mol. The average Bonchev–Trinajstić information content (AvgIpc) is 3.19. The van der Waals surface area contributed by atoms with Gasteiger partial charge in [-0.3, -0.25) is 4.79 Å². The van der Waals surface area contributed by atoms with Crippen LogP contribution in [0, 0.1) is 22.8 Å². The van der Waals surface area contributed by atoms with E-state index >= 15 is 0 Å². The molecule has 1 aromatic heterocycles. The molecule has 0 radical (unpaired) electrons. The number of nitrogens with zero attached hydrogens (tertiary/aromatic N) is 4. The van der Waals surface area contributed by atoms with Crippen molar-refractivity contribution in [3.05, 3.63) is 45.1 Å². The Bertz CT molecular complexity index is 1270. The second-order valence-corrected chi connectivity index (χ2v) is 12.3. The van der Waals surface area contributed by atoms with Gasteiger partial charge in [0.2, 0.25) is 0 Å². The van der Waals surface area contributed by atoms with Crippen LogP contribution >= 0.6 is 11.3 Å². The molecule has 0 aliphatic heterocycles. The molecule has 0 unspecified atom stereocenters. The summed E-state index contributed by atoms with van der Waals surface area (Å²) >= 11 is 0.879. The number of nitrogens with one attached hydrogen (secondary N) is 1. The van der Waals surface area contributed by atoms with Crippen LogP contribution in [-0.4, -0.2) is 31.9 Å². The Morgan fingerprint density at radius 2 is 1.80 bits per heavy atom. The first-order chi connectivity index (χ1) is 16.3. The van der Waals surface area contributed by atoms with Crippen LogP contribution in [-0.2, 0) is 33.2 Å². The largest absolute Gasteiger partial charge is 0.396 e. The molecule has 1 aromatic carbocycles. The lowest BCUT2D eigenvalue weighted by Crippen LogP contribution is -2.21. The smallest absolute Gasteiger partial charge is 0.259 e. The van der Waals surface area contributed by atoms with E-state index in [4.69, 9.17) is 0 Å². The zero-order valence-corrected chi connectivity index (χ0v) is 22.4. The molecule has 2 rings (SSSR count). The molecule has 0 aliphatic rings. The number of aliphatic hydroxyl groups is 2. The second kappa shape index (κ2) is 11.3. The number of carbonyl (C=O) groups excluding carboxylic acids is 1. The van der Waals surface area contributed by atoms with Crippen molar-refractivity contribution in [2.45, 2.75) is 76.0 Å². The average molecular weight is 518 g/mol. The quantitative estimate of drug-likeness (QED) is 0.338. The van der Waals surface area contributed by atoms with E-state index in [1.54, 1.807) is 18.3 Å². The van der Waals surface area contributed by atoms with Gasteiger partial charge in [-0.15, -0.1) is 15.7 Å². The Morgan fingerprint density at radius 3 is 2.23 bits per heavy atom. The first kappa shape index (κ1) is 28.4. The molecular formula is C24H31N5O4S2. The number of aromatic nitrogens is 1. The van der Waals surface area contributed by atoms with Crippen LogP contribution in [0.5, 0.6) is 0 Å². The van der Waals surface area contributed by atoms with Crippen LogP contribution in [0.4, 0.5) is 0 Å². The Morgan fingerprint density at radius 1 is 1.23 bits per heavy atom. The third-order valence-corrected chi connectivity index (χ3v) is 8.92. The molecule has 0 bridgehead atoms. The van der Waals surface area contributed by atoms with Crippen LogP contribution in [0.15, 0.2) is 20.7 Å². The summed E-state index contributed by atoms with van der Waals surface area (Å²) in [5.41, 5.74) is 1.73. The summed E-state index contributed by atoms with van der Waals surface area (Å²) in [5, 5.41) is 38.8. The first-order valence-corrected chi connectivity index (χ1v) is 13.5. The fraction of sp³-hybridized carbons (Fsp3) is 0.500. The van der Waals surface area contributed by atoms with Gasteiger partial charge in [0, 0.05) is 13.0 Å². The van der Waals surface area contributed by atoms with E-state index < -0.39 is 21.4 Å². The summed E-state index contributed by atoms with van der Waals surface area (Å²) < 4.78 is 19.9. The van der Waals surface area contributed by atoms with Crippen LogP contribution in [0.2, 0.25) is 0 Å². The minimum atomic E-state index is -3.76. The Balaban J connectivity index is 2.68. The molecule has 2 aromatic rings. The topological polar surface area (TPSA) is 159 Å². The Labute approximate surface area is 210 Å². The van der Waals surface area contributed by atoms with Crippen molar-refractivity contribution in [2.24, 2.45) is 4.36 Å². The Hall–Kier alpha value is -2.83. The maximum Gasteiger partial charge on any atom is 0.259 e. The SMILES string of the molecule is CC(C)c1cc(C#N)cc(C(C)C)c1CC(=O)N=[S@](=O)(NC#N)c1sc(C(C)(C)O)nc1CCO. The molecule has 188 valence electrons. The zero-order valence-electron chi connectivity index (χ0n) is 20.7. The van der Waals surface area contributed by atoms with Gasteiger partial charge in [0.25, 0.3) is 5.91 Å². The molecule has 0 saturated carbocycles. The number of rotatable bonds is 9.